The summed E-state index contributed by atoms with van der Waals surface area (Å²) in [5, 5.41) is 15.1. The van der Waals surface area contributed by atoms with Crippen LogP contribution in [0.2, 0.25) is 0 Å². The van der Waals surface area contributed by atoms with Gasteiger partial charge in [0.15, 0.2) is 0 Å². The van der Waals surface area contributed by atoms with Crippen molar-refractivity contribution in [2.75, 3.05) is 13.6 Å². The van der Waals surface area contributed by atoms with E-state index < -0.39 is 4.92 Å². The predicted molar refractivity (Wildman–Crippen MR) is 77.0 cm³/mol. The van der Waals surface area contributed by atoms with Crippen LogP contribution in [0.3, 0.4) is 0 Å². The highest BCUT2D eigenvalue weighted by Crippen LogP contribution is 2.27. The highest BCUT2D eigenvalue weighted by atomic mass is 16.6. The van der Waals surface area contributed by atoms with Gasteiger partial charge in [0.25, 0.3) is 0 Å². The molecule has 2 rings (SSSR count). The Hall–Kier alpha value is -1.95. The number of hydrogen-bond donors (Lipinski definition) is 0. The van der Waals surface area contributed by atoms with E-state index in [1.165, 1.54) is 6.07 Å². The predicted octanol–water partition coefficient (Wildman–Crippen LogP) is 2.69. The maximum absolute atomic E-state index is 10.9. The summed E-state index contributed by atoms with van der Waals surface area (Å²) >= 11 is 0. The van der Waals surface area contributed by atoms with Crippen LogP contribution in [0, 0.1) is 16.0 Å². The van der Waals surface area contributed by atoms with E-state index in [1.54, 1.807) is 18.2 Å². The summed E-state index contributed by atoms with van der Waals surface area (Å²) in [4.78, 5) is 18.0. The van der Waals surface area contributed by atoms with Gasteiger partial charge in [-0.05, 0) is 20.0 Å². The SMILES string of the molecule is C[C@@H]1C/C(=N\Oc2ccccc2[N+](=O)[O-])[C@@H](C)CN1C. The number of likely N-dealkylation sites (tertiary alicyclic amines) is 1. The van der Waals surface area contributed by atoms with E-state index in [-0.39, 0.29) is 11.4 Å². The first kappa shape index (κ1) is 14.5. The highest BCUT2D eigenvalue weighted by molar-refractivity contribution is 5.87. The van der Waals surface area contributed by atoms with Gasteiger partial charge in [-0.25, -0.2) is 0 Å². The van der Waals surface area contributed by atoms with E-state index in [4.69, 9.17) is 4.84 Å². The van der Waals surface area contributed by atoms with Crippen LogP contribution in [0.15, 0.2) is 29.4 Å². The molecule has 1 saturated heterocycles. The van der Waals surface area contributed by atoms with Crippen molar-refractivity contribution in [1.82, 2.24) is 4.90 Å². The van der Waals surface area contributed by atoms with Gasteiger partial charge in [0, 0.05) is 31.0 Å². The van der Waals surface area contributed by atoms with Gasteiger partial charge in [0.1, 0.15) is 0 Å². The lowest BCUT2D eigenvalue weighted by atomic mass is 9.93. The fourth-order valence-electron chi connectivity index (χ4n) is 2.30. The lowest BCUT2D eigenvalue weighted by Crippen LogP contribution is -2.43. The molecule has 0 aromatic heterocycles. The fraction of sp³-hybridized carbons (Fsp3) is 0.500. The number of hydrogen-bond acceptors (Lipinski definition) is 5. The number of rotatable bonds is 3. The Bertz CT molecular complexity index is 530. The summed E-state index contributed by atoms with van der Waals surface area (Å²) in [6, 6.07) is 6.68. The molecule has 0 bridgehead atoms. The van der Waals surface area contributed by atoms with E-state index in [0.717, 1.165) is 18.7 Å². The van der Waals surface area contributed by atoms with Crippen molar-refractivity contribution in [2.24, 2.45) is 11.1 Å². The van der Waals surface area contributed by atoms with Crippen LogP contribution >= 0.6 is 0 Å². The molecule has 2 atom stereocenters. The van der Waals surface area contributed by atoms with Gasteiger partial charge in [0.05, 0.1) is 10.6 Å². The van der Waals surface area contributed by atoms with Crippen LogP contribution in [0.4, 0.5) is 5.69 Å². The Morgan fingerprint density at radius 2 is 2.10 bits per heavy atom. The van der Waals surface area contributed by atoms with Crippen molar-refractivity contribution >= 4 is 11.4 Å². The number of piperidine rings is 1. The zero-order valence-electron chi connectivity index (χ0n) is 11.9. The summed E-state index contributed by atoms with van der Waals surface area (Å²) in [5.41, 5.74) is 0.888. The quantitative estimate of drug-likeness (QED) is 0.629. The monoisotopic (exact) mass is 277 g/mol. The summed E-state index contributed by atoms with van der Waals surface area (Å²) in [7, 11) is 2.08. The highest BCUT2D eigenvalue weighted by Gasteiger charge is 2.26. The molecule has 1 aromatic rings. The van der Waals surface area contributed by atoms with Crippen molar-refractivity contribution in [3.63, 3.8) is 0 Å². The molecule has 1 aliphatic rings. The Labute approximate surface area is 118 Å². The maximum Gasteiger partial charge on any atom is 0.314 e. The molecule has 0 N–H and O–H groups in total. The number of benzene rings is 1. The van der Waals surface area contributed by atoms with Gasteiger partial charge in [-0.2, -0.15) is 0 Å². The third kappa shape index (κ3) is 3.14. The van der Waals surface area contributed by atoms with E-state index in [1.807, 2.05) is 0 Å². The molecule has 0 aliphatic carbocycles. The first-order valence-electron chi connectivity index (χ1n) is 6.66. The Balaban J connectivity index is 2.15. The summed E-state index contributed by atoms with van der Waals surface area (Å²) in [6.45, 7) is 5.14. The molecule has 1 aliphatic heterocycles. The van der Waals surface area contributed by atoms with Crippen LogP contribution in [0.25, 0.3) is 0 Å². The minimum Gasteiger partial charge on any atom is -0.350 e. The number of para-hydroxylation sites is 2. The number of nitro groups is 1. The van der Waals surface area contributed by atoms with E-state index in [2.05, 4.69) is 31.0 Å². The van der Waals surface area contributed by atoms with E-state index in [9.17, 15) is 10.1 Å². The van der Waals surface area contributed by atoms with E-state index in [0.29, 0.717) is 12.0 Å². The number of nitro benzene ring substituents is 1. The van der Waals surface area contributed by atoms with Gasteiger partial charge in [0.2, 0.25) is 5.75 Å². The molecule has 6 heteroatoms. The summed E-state index contributed by atoms with van der Waals surface area (Å²) in [5.74, 6) is 0.475. The first-order valence-corrected chi connectivity index (χ1v) is 6.66. The van der Waals surface area contributed by atoms with Crippen LogP contribution in [-0.2, 0) is 0 Å². The van der Waals surface area contributed by atoms with Crippen LogP contribution in [0.1, 0.15) is 20.3 Å². The molecule has 1 heterocycles. The standard InChI is InChI=1S/C14H19N3O3/c1-10-9-16(3)11(2)8-12(10)15-20-14-7-5-4-6-13(14)17(18)19/h4-7,10-11H,8-9H2,1-3H3/b15-12+/t10-,11+/m0/s1. The molecule has 0 unspecified atom stereocenters. The molecule has 20 heavy (non-hydrogen) atoms. The molecule has 108 valence electrons. The molecule has 6 nitrogen and oxygen atoms in total. The molecule has 1 fully saturated rings. The molecule has 1 aromatic carbocycles. The maximum atomic E-state index is 10.9. The minimum atomic E-state index is -0.462. The topological polar surface area (TPSA) is 68.0 Å². The smallest absolute Gasteiger partial charge is 0.314 e. The van der Waals surface area contributed by atoms with Gasteiger partial charge < -0.3 is 9.74 Å². The molecular formula is C14H19N3O3. The molecule has 0 amide bonds. The summed E-state index contributed by atoms with van der Waals surface area (Å²) < 4.78 is 0. The fourth-order valence-corrected chi connectivity index (χ4v) is 2.30. The van der Waals surface area contributed by atoms with Crippen LogP contribution < -0.4 is 4.84 Å². The molecule has 0 saturated carbocycles. The third-order valence-corrected chi connectivity index (χ3v) is 3.71. The second-order valence-electron chi connectivity index (χ2n) is 5.29. The Morgan fingerprint density at radius 3 is 2.80 bits per heavy atom. The zero-order valence-corrected chi connectivity index (χ0v) is 11.9. The van der Waals surface area contributed by atoms with Gasteiger partial charge in [-0.15, -0.1) is 0 Å². The minimum absolute atomic E-state index is 0.0644. The van der Waals surface area contributed by atoms with Crippen molar-refractivity contribution in [3.8, 4) is 5.75 Å². The normalized spacial score (nSPS) is 25.6. The summed E-state index contributed by atoms with van der Waals surface area (Å²) in [6.07, 6.45) is 0.818. The zero-order chi connectivity index (χ0) is 14.7. The largest absolute Gasteiger partial charge is 0.350 e. The second kappa shape index (κ2) is 6.00. The van der Waals surface area contributed by atoms with E-state index >= 15 is 0 Å². The van der Waals surface area contributed by atoms with Crippen molar-refractivity contribution < 1.29 is 9.76 Å². The second-order valence-corrected chi connectivity index (χ2v) is 5.29. The molecular weight excluding hydrogens is 258 g/mol. The van der Waals surface area contributed by atoms with Gasteiger partial charge >= 0.3 is 5.69 Å². The van der Waals surface area contributed by atoms with Crippen molar-refractivity contribution in [1.29, 1.82) is 0 Å². The van der Waals surface area contributed by atoms with Crippen LogP contribution in [-0.4, -0.2) is 35.2 Å². The first-order chi connectivity index (χ1) is 9.49. The Kier molecular flexibility index (Phi) is 4.34. The van der Waals surface area contributed by atoms with Crippen molar-refractivity contribution in [2.45, 2.75) is 26.3 Å². The number of nitrogens with zero attached hydrogens (tertiary/aromatic N) is 3. The molecule has 0 spiro atoms. The van der Waals surface area contributed by atoms with Crippen molar-refractivity contribution in [3.05, 3.63) is 34.4 Å². The van der Waals surface area contributed by atoms with Crippen LogP contribution in [0.5, 0.6) is 5.75 Å². The van der Waals surface area contributed by atoms with Gasteiger partial charge in [-0.1, -0.05) is 24.2 Å². The lowest BCUT2D eigenvalue weighted by Gasteiger charge is -2.34. The molecule has 0 radical (unpaired) electrons. The average molecular weight is 277 g/mol. The Morgan fingerprint density at radius 1 is 1.40 bits per heavy atom. The number of oxime groups is 1. The third-order valence-electron chi connectivity index (χ3n) is 3.71. The van der Waals surface area contributed by atoms with Gasteiger partial charge in [-0.3, -0.25) is 10.1 Å². The average Bonchev–Trinajstić information content (AvgIpc) is 2.41. The lowest BCUT2D eigenvalue weighted by molar-refractivity contribution is -0.385.